The summed E-state index contributed by atoms with van der Waals surface area (Å²) in [5.74, 6) is 0. The van der Waals surface area contributed by atoms with Gasteiger partial charge in [-0.3, -0.25) is 0 Å². The minimum Gasteiger partial charge on any atom is -0.456 e. The van der Waals surface area contributed by atoms with E-state index in [4.69, 9.17) is 4.42 Å². The Hall–Kier alpha value is -6.96. The van der Waals surface area contributed by atoms with Crippen LogP contribution in [-0.4, -0.2) is 0 Å². The maximum atomic E-state index is 6.40. The summed E-state index contributed by atoms with van der Waals surface area (Å²) < 4.78 is 6.40. The molecular weight excluding hydrogens is 653 g/mol. The molecule has 0 N–H and O–H groups in total. The van der Waals surface area contributed by atoms with Crippen LogP contribution in [0, 0.1) is 0 Å². The summed E-state index contributed by atoms with van der Waals surface area (Å²) in [6.07, 6.45) is 0. The number of furan rings is 1. The van der Waals surface area contributed by atoms with Crippen molar-refractivity contribution in [2.45, 2.75) is 5.41 Å². The van der Waals surface area contributed by atoms with Gasteiger partial charge in [0.1, 0.15) is 11.2 Å². The van der Waals surface area contributed by atoms with Crippen LogP contribution in [0.1, 0.15) is 22.3 Å². The first-order valence-corrected chi connectivity index (χ1v) is 18.8. The zero-order chi connectivity index (χ0) is 35.1. The van der Waals surface area contributed by atoms with Crippen molar-refractivity contribution in [3.05, 3.63) is 204 Å². The standard InChI is InChI=1S/C53H30O/c1-3-19-39-37(17-1)49(38-18-2-4-20-40(38)51(39)42-29-31-13-11-25-47-50(31)52-41(42)21-12-26-48(52)54-47)32-27-28-36-35-16-7-10-24-45(35)53(46(36)30-32)43-22-8-5-14-33(43)34-15-6-9-23-44(34)53/h1-30H. The smallest absolute Gasteiger partial charge is 0.136 e. The fraction of sp³-hybridized carbons (Fsp3) is 0.0189. The normalized spacial score (nSPS) is 13.7. The molecule has 1 spiro atoms. The van der Waals surface area contributed by atoms with E-state index in [0.717, 1.165) is 11.2 Å². The molecule has 1 nitrogen and oxygen atoms in total. The third kappa shape index (κ3) is 3.37. The third-order valence-electron chi connectivity index (χ3n) is 12.6. The van der Waals surface area contributed by atoms with Crippen molar-refractivity contribution in [2.24, 2.45) is 0 Å². The third-order valence-corrected chi connectivity index (χ3v) is 12.6. The highest BCUT2D eigenvalue weighted by molar-refractivity contribution is 6.29. The van der Waals surface area contributed by atoms with E-state index in [-0.39, 0.29) is 0 Å². The van der Waals surface area contributed by atoms with Gasteiger partial charge in [0.15, 0.2) is 0 Å². The molecule has 0 amide bonds. The van der Waals surface area contributed by atoms with Crippen molar-refractivity contribution in [2.75, 3.05) is 0 Å². The summed E-state index contributed by atoms with van der Waals surface area (Å²) in [5.41, 5.74) is 17.3. The van der Waals surface area contributed by atoms with Gasteiger partial charge in [-0.05, 0) is 123 Å². The largest absolute Gasteiger partial charge is 0.456 e. The topological polar surface area (TPSA) is 13.1 Å². The first-order chi connectivity index (χ1) is 26.8. The van der Waals surface area contributed by atoms with Gasteiger partial charge in [0.25, 0.3) is 0 Å². The van der Waals surface area contributed by atoms with Crippen molar-refractivity contribution < 1.29 is 4.42 Å². The molecule has 2 aliphatic carbocycles. The maximum absolute atomic E-state index is 6.40. The molecule has 0 atom stereocenters. The number of hydrogen-bond acceptors (Lipinski definition) is 1. The van der Waals surface area contributed by atoms with Crippen LogP contribution in [-0.2, 0) is 5.41 Å². The molecular formula is C53H30O. The highest BCUT2D eigenvalue weighted by atomic mass is 16.3. The molecule has 1 heterocycles. The Labute approximate surface area is 311 Å². The number of hydrogen-bond donors (Lipinski definition) is 0. The first kappa shape index (κ1) is 28.6. The van der Waals surface area contributed by atoms with Gasteiger partial charge in [-0.15, -0.1) is 0 Å². The summed E-state index contributed by atoms with van der Waals surface area (Å²) in [6.45, 7) is 0. The van der Waals surface area contributed by atoms with E-state index < -0.39 is 5.41 Å². The molecule has 10 aromatic carbocycles. The molecule has 1 aromatic heterocycles. The van der Waals surface area contributed by atoms with E-state index in [9.17, 15) is 0 Å². The molecule has 1 heteroatoms. The van der Waals surface area contributed by atoms with Crippen molar-refractivity contribution in [3.8, 4) is 44.5 Å². The summed E-state index contributed by atoms with van der Waals surface area (Å²) in [5, 5.41) is 9.87. The molecule has 0 fully saturated rings. The first-order valence-electron chi connectivity index (χ1n) is 18.8. The molecule has 2 aliphatic rings. The predicted octanol–water partition coefficient (Wildman–Crippen LogP) is 14.2. The van der Waals surface area contributed by atoms with Gasteiger partial charge in [0.2, 0.25) is 0 Å². The van der Waals surface area contributed by atoms with E-state index in [0.29, 0.717) is 0 Å². The zero-order valence-electron chi connectivity index (χ0n) is 29.2. The van der Waals surface area contributed by atoms with E-state index in [2.05, 4.69) is 182 Å². The lowest BCUT2D eigenvalue weighted by Gasteiger charge is -2.31. The monoisotopic (exact) mass is 682 g/mol. The highest BCUT2D eigenvalue weighted by Crippen LogP contribution is 2.63. The summed E-state index contributed by atoms with van der Waals surface area (Å²) >= 11 is 0. The second-order valence-corrected chi connectivity index (χ2v) is 15.0. The summed E-state index contributed by atoms with van der Waals surface area (Å²) in [6, 6.07) is 67.9. The van der Waals surface area contributed by atoms with E-state index in [1.54, 1.807) is 0 Å². The molecule has 54 heavy (non-hydrogen) atoms. The van der Waals surface area contributed by atoms with Crippen LogP contribution in [0.25, 0.3) is 98.8 Å². The van der Waals surface area contributed by atoms with Crippen LogP contribution in [0.3, 0.4) is 0 Å². The van der Waals surface area contributed by atoms with E-state index >= 15 is 0 Å². The summed E-state index contributed by atoms with van der Waals surface area (Å²) in [7, 11) is 0. The Bertz CT molecular complexity index is 3270. The molecule has 0 saturated heterocycles. The van der Waals surface area contributed by atoms with Gasteiger partial charge in [0, 0.05) is 10.8 Å². The van der Waals surface area contributed by atoms with Gasteiger partial charge in [-0.2, -0.15) is 0 Å². The average Bonchev–Trinajstić information content (AvgIpc) is 3.87. The van der Waals surface area contributed by atoms with Crippen LogP contribution in [0.15, 0.2) is 186 Å². The minimum absolute atomic E-state index is 0.393. The SMILES string of the molecule is c1ccc2c(c1)-c1ccccc1C21c2ccccc2-c2ccc(-c3c4ccccc4c(-c4cc5cccc6oc7cccc4c7c56)c4ccccc34)cc21. The molecule has 0 aliphatic heterocycles. The lowest BCUT2D eigenvalue weighted by atomic mass is 9.70. The quantitative estimate of drug-likeness (QED) is 0.131. The van der Waals surface area contributed by atoms with E-state index in [1.165, 1.54) is 110 Å². The van der Waals surface area contributed by atoms with Crippen molar-refractivity contribution in [1.82, 2.24) is 0 Å². The molecule has 248 valence electrons. The van der Waals surface area contributed by atoms with Crippen LogP contribution >= 0.6 is 0 Å². The molecule has 0 unspecified atom stereocenters. The van der Waals surface area contributed by atoms with Gasteiger partial charge >= 0.3 is 0 Å². The Balaban J connectivity index is 1.14. The van der Waals surface area contributed by atoms with E-state index in [1.807, 2.05) is 0 Å². The average molecular weight is 683 g/mol. The number of rotatable bonds is 2. The molecule has 0 radical (unpaired) electrons. The second kappa shape index (κ2) is 10.1. The van der Waals surface area contributed by atoms with Gasteiger partial charge in [-0.25, -0.2) is 0 Å². The van der Waals surface area contributed by atoms with Gasteiger partial charge < -0.3 is 4.42 Å². The molecule has 13 rings (SSSR count). The lowest BCUT2D eigenvalue weighted by molar-refractivity contribution is 0.669. The lowest BCUT2D eigenvalue weighted by Crippen LogP contribution is -2.25. The van der Waals surface area contributed by atoms with Crippen LogP contribution in [0.2, 0.25) is 0 Å². The highest BCUT2D eigenvalue weighted by Gasteiger charge is 2.51. The Kier molecular flexibility index (Phi) is 5.36. The van der Waals surface area contributed by atoms with Crippen LogP contribution in [0.5, 0.6) is 0 Å². The van der Waals surface area contributed by atoms with Crippen LogP contribution in [0.4, 0.5) is 0 Å². The Morgan fingerprint density at radius 2 is 0.796 bits per heavy atom. The molecule has 11 aromatic rings. The van der Waals surface area contributed by atoms with Gasteiger partial charge in [-0.1, -0.05) is 158 Å². The zero-order valence-corrected chi connectivity index (χ0v) is 29.2. The fourth-order valence-electron chi connectivity index (χ4n) is 10.7. The minimum atomic E-state index is -0.393. The van der Waals surface area contributed by atoms with Crippen molar-refractivity contribution in [1.29, 1.82) is 0 Å². The Morgan fingerprint density at radius 1 is 0.315 bits per heavy atom. The maximum Gasteiger partial charge on any atom is 0.136 e. The molecule has 0 bridgehead atoms. The summed E-state index contributed by atoms with van der Waals surface area (Å²) in [4.78, 5) is 0. The fourth-order valence-corrected chi connectivity index (χ4v) is 10.7. The Morgan fingerprint density at radius 3 is 1.41 bits per heavy atom. The van der Waals surface area contributed by atoms with Crippen molar-refractivity contribution in [3.63, 3.8) is 0 Å². The number of benzene rings is 10. The number of fused-ring (bicyclic) bond motifs is 12. The van der Waals surface area contributed by atoms with Gasteiger partial charge in [0.05, 0.1) is 5.41 Å². The molecule has 0 saturated carbocycles. The van der Waals surface area contributed by atoms with Crippen LogP contribution < -0.4 is 0 Å². The predicted molar refractivity (Wildman–Crippen MR) is 225 cm³/mol. The van der Waals surface area contributed by atoms with Crippen molar-refractivity contribution >= 4 is 54.3 Å². The second-order valence-electron chi connectivity index (χ2n) is 15.0.